The molecule has 25 heavy (non-hydrogen) atoms. The Labute approximate surface area is 152 Å². The minimum atomic E-state index is 0.118. The summed E-state index contributed by atoms with van der Waals surface area (Å²) < 4.78 is 0. The summed E-state index contributed by atoms with van der Waals surface area (Å²) in [5, 5.41) is 13.2. The lowest BCUT2D eigenvalue weighted by atomic mass is 9.95. The molecule has 2 aromatic rings. The summed E-state index contributed by atoms with van der Waals surface area (Å²) in [7, 11) is 1.83. The van der Waals surface area contributed by atoms with Crippen LogP contribution in [0.2, 0.25) is 0 Å². The summed E-state index contributed by atoms with van der Waals surface area (Å²) in [4.78, 5) is 20.3. The Balaban J connectivity index is 1.70. The average Bonchev–Trinajstić information content (AvgIpc) is 3.02. The van der Waals surface area contributed by atoms with Crippen LogP contribution in [0.15, 0.2) is 24.3 Å². The molecule has 0 spiro atoms. The zero-order chi connectivity index (χ0) is 17.8. The summed E-state index contributed by atoms with van der Waals surface area (Å²) in [6.07, 6.45) is 5.16. The number of carbonyl (C=O) groups is 1. The van der Waals surface area contributed by atoms with E-state index in [0.717, 1.165) is 47.9 Å². The van der Waals surface area contributed by atoms with Gasteiger partial charge in [-0.05, 0) is 56.7 Å². The highest BCUT2D eigenvalue weighted by molar-refractivity contribution is 7.17. The third-order valence-electron chi connectivity index (χ3n) is 4.80. The standard InChI is InChI=1S/C19H25N3O2S/c1-13-17(25-19(20-2)21-13)18(24)22-12-4-3-5-15(22)9-6-14-7-10-16(23)11-8-14/h7-8,10-11,15,23H,3-6,9,12H2,1-2H3,(H,20,21)/t15-/m0/s1. The average molecular weight is 359 g/mol. The Kier molecular flexibility index (Phi) is 5.58. The molecule has 0 unspecified atom stereocenters. The van der Waals surface area contributed by atoms with E-state index in [1.165, 1.54) is 23.3 Å². The normalized spacial score (nSPS) is 17.5. The molecule has 0 radical (unpaired) electrons. The number of thiazole rings is 1. The Morgan fingerprint density at radius 1 is 1.36 bits per heavy atom. The minimum absolute atomic E-state index is 0.118. The zero-order valence-electron chi connectivity index (χ0n) is 14.8. The fourth-order valence-corrected chi connectivity index (χ4v) is 4.27. The molecule has 134 valence electrons. The van der Waals surface area contributed by atoms with Gasteiger partial charge in [0.15, 0.2) is 5.13 Å². The maximum atomic E-state index is 13.1. The van der Waals surface area contributed by atoms with Gasteiger partial charge in [0.05, 0.1) is 5.69 Å². The summed E-state index contributed by atoms with van der Waals surface area (Å²) in [6, 6.07) is 7.63. The van der Waals surface area contributed by atoms with Gasteiger partial charge >= 0.3 is 0 Å². The fourth-order valence-electron chi connectivity index (χ4n) is 3.40. The lowest BCUT2D eigenvalue weighted by Crippen LogP contribution is -2.43. The number of nitrogens with one attached hydrogen (secondary N) is 1. The van der Waals surface area contributed by atoms with E-state index in [2.05, 4.69) is 10.3 Å². The first-order chi connectivity index (χ1) is 12.1. The number of anilines is 1. The van der Waals surface area contributed by atoms with Crippen molar-refractivity contribution in [3.8, 4) is 5.75 Å². The lowest BCUT2D eigenvalue weighted by Gasteiger charge is -2.35. The largest absolute Gasteiger partial charge is 0.508 e. The van der Waals surface area contributed by atoms with Gasteiger partial charge in [-0.3, -0.25) is 4.79 Å². The first-order valence-electron chi connectivity index (χ1n) is 8.82. The molecule has 0 saturated carbocycles. The van der Waals surface area contributed by atoms with Crippen molar-refractivity contribution < 1.29 is 9.90 Å². The Morgan fingerprint density at radius 2 is 2.12 bits per heavy atom. The molecule has 1 aromatic heterocycles. The van der Waals surface area contributed by atoms with Crippen LogP contribution in [0, 0.1) is 6.92 Å². The number of likely N-dealkylation sites (tertiary alicyclic amines) is 1. The molecule has 0 aliphatic carbocycles. The second-order valence-corrected chi connectivity index (χ2v) is 7.54. The van der Waals surface area contributed by atoms with E-state index in [-0.39, 0.29) is 11.9 Å². The monoisotopic (exact) mass is 359 g/mol. The van der Waals surface area contributed by atoms with Gasteiger partial charge in [0.1, 0.15) is 10.6 Å². The van der Waals surface area contributed by atoms with E-state index in [1.54, 1.807) is 12.1 Å². The van der Waals surface area contributed by atoms with Gasteiger partial charge in [-0.15, -0.1) is 0 Å². The molecule has 1 saturated heterocycles. The van der Waals surface area contributed by atoms with Crippen LogP contribution in [0.1, 0.15) is 46.6 Å². The van der Waals surface area contributed by atoms with Crippen LogP contribution in [-0.4, -0.2) is 40.5 Å². The van der Waals surface area contributed by atoms with Gasteiger partial charge in [-0.1, -0.05) is 23.5 Å². The fraction of sp³-hybridized carbons (Fsp3) is 0.474. The number of amides is 1. The highest BCUT2D eigenvalue weighted by Gasteiger charge is 2.29. The molecule has 2 heterocycles. The summed E-state index contributed by atoms with van der Waals surface area (Å²) in [5.41, 5.74) is 2.00. The molecule has 3 rings (SSSR count). The highest BCUT2D eigenvalue weighted by Crippen LogP contribution is 2.28. The van der Waals surface area contributed by atoms with Crippen LogP contribution < -0.4 is 5.32 Å². The number of phenols is 1. The van der Waals surface area contributed by atoms with E-state index in [0.29, 0.717) is 5.75 Å². The minimum Gasteiger partial charge on any atom is -0.508 e. The number of phenolic OH excluding ortho intramolecular Hbond substituents is 1. The number of aromatic hydroxyl groups is 1. The predicted molar refractivity (Wildman–Crippen MR) is 102 cm³/mol. The Morgan fingerprint density at radius 3 is 2.80 bits per heavy atom. The number of carbonyl (C=O) groups excluding carboxylic acids is 1. The molecule has 1 aliphatic heterocycles. The molecule has 2 N–H and O–H groups in total. The molecule has 6 heteroatoms. The van der Waals surface area contributed by atoms with E-state index in [9.17, 15) is 9.90 Å². The van der Waals surface area contributed by atoms with E-state index < -0.39 is 0 Å². The summed E-state index contributed by atoms with van der Waals surface area (Å²) in [5.74, 6) is 0.408. The van der Waals surface area contributed by atoms with Crippen molar-refractivity contribution in [2.45, 2.75) is 45.1 Å². The molecule has 1 amide bonds. The summed E-state index contributed by atoms with van der Waals surface area (Å²) >= 11 is 1.44. The third-order valence-corrected chi connectivity index (χ3v) is 5.96. The number of aryl methyl sites for hydroxylation is 2. The third kappa shape index (κ3) is 4.12. The highest BCUT2D eigenvalue weighted by atomic mass is 32.1. The van der Waals surface area contributed by atoms with Crippen LogP contribution in [0.5, 0.6) is 5.75 Å². The maximum absolute atomic E-state index is 13.1. The van der Waals surface area contributed by atoms with E-state index in [4.69, 9.17) is 0 Å². The Hall–Kier alpha value is -2.08. The maximum Gasteiger partial charge on any atom is 0.266 e. The number of nitrogens with zero attached hydrogens (tertiary/aromatic N) is 2. The van der Waals surface area contributed by atoms with Crippen molar-refractivity contribution in [2.75, 3.05) is 18.9 Å². The van der Waals surface area contributed by atoms with Crippen molar-refractivity contribution in [3.63, 3.8) is 0 Å². The topological polar surface area (TPSA) is 65.5 Å². The van der Waals surface area contributed by atoms with Crippen molar-refractivity contribution >= 4 is 22.4 Å². The molecule has 5 nitrogen and oxygen atoms in total. The van der Waals surface area contributed by atoms with Gasteiger partial charge < -0.3 is 15.3 Å². The SMILES string of the molecule is CNc1nc(C)c(C(=O)N2CCCC[C@H]2CCc2ccc(O)cc2)s1. The van der Waals surface area contributed by atoms with Crippen molar-refractivity contribution in [2.24, 2.45) is 0 Å². The first-order valence-corrected chi connectivity index (χ1v) is 9.64. The zero-order valence-corrected chi connectivity index (χ0v) is 15.6. The van der Waals surface area contributed by atoms with E-state index >= 15 is 0 Å². The number of rotatable bonds is 5. The second-order valence-electron chi connectivity index (χ2n) is 6.54. The molecule has 1 aromatic carbocycles. The van der Waals surface area contributed by atoms with Crippen molar-refractivity contribution in [1.29, 1.82) is 0 Å². The lowest BCUT2D eigenvalue weighted by molar-refractivity contribution is 0.0606. The smallest absolute Gasteiger partial charge is 0.266 e. The van der Waals surface area contributed by atoms with Gasteiger partial charge in [-0.25, -0.2) is 4.98 Å². The summed E-state index contributed by atoms with van der Waals surface area (Å²) in [6.45, 7) is 2.73. The molecular weight excluding hydrogens is 334 g/mol. The van der Waals surface area contributed by atoms with Crippen LogP contribution in [0.25, 0.3) is 0 Å². The van der Waals surface area contributed by atoms with Gasteiger partial charge in [0.2, 0.25) is 0 Å². The van der Waals surface area contributed by atoms with Gasteiger partial charge in [0, 0.05) is 19.6 Å². The van der Waals surface area contributed by atoms with E-state index in [1.807, 2.05) is 31.0 Å². The number of benzene rings is 1. The number of piperidine rings is 1. The van der Waals surface area contributed by atoms with Crippen LogP contribution in [0.3, 0.4) is 0 Å². The van der Waals surface area contributed by atoms with Crippen molar-refractivity contribution in [3.05, 3.63) is 40.4 Å². The Bertz CT molecular complexity index is 727. The van der Waals surface area contributed by atoms with Crippen LogP contribution in [0.4, 0.5) is 5.13 Å². The molecule has 1 aliphatic rings. The van der Waals surface area contributed by atoms with Gasteiger partial charge in [-0.2, -0.15) is 0 Å². The van der Waals surface area contributed by atoms with Gasteiger partial charge in [0.25, 0.3) is 5.91 Å². The van der Waals surface area contributed by atoms with Crippen molar-refractivity contribution in [1.82, 2.24) is 9.88 Å². The number of hydrogen-bond donors (Lipinski definition) is 2. The molecular formula is C19H25N3O2S. The first kappa shape index (κ1) is 17.7. The predicted octanol–water partition coefficient (Wildman–Crippen LogP) is 3.83. The molecule has 0 bridgehead atoms. The second kappa shape index (κ2) is 7.87. The number of aromatic nitrogens is 1. The number of hydrogen-bond acceptors (Lipinski definition) is 5. The molecule has 1 fully saturated rings. The molecule has 1 atom stereocenters. The van der Waals surface area contributed by atoms with Crippen LogP contribution in [-0.2, 0) is 6.42 Å². The quantitative estimate of drug-likeness (QED) is 0.852. The van der Waals surface area contributed by atoms with Crippen LogP contribution >= 0.6 is 11.3 Å².